The third kappa shape index (κ3) is 6.80. The first kappa shape index (κ1) is 23.4. The standard InChI is InChI=1S/C18H30N6O2.HI/c1-6-19-17(20-9-7-8-16-13(2)23-26-14(16)3)21-12-18(4,25)15-10-22-24(5)11-15;/h10-11,25H,6-9,12H2,1-5H3,(H2,19,20,21);1H. The van der Waals surface area contributed by atoms with Crippen LogP contribution in [0.3, 0.4) is 0 Å². The van der Waals surface area contributed by atoms with Crippen LogP contribution in [0.5, 0.6) is 0 Å². The van der Waals surface area contributed by atoms with Crippen molar-refractivity contribution in [2.24, 2.45) is 12.0 Å². The summed E-state index contributed by atoms with van der Waals surface area (Å²) < 4.78 is 6.86. The molecule has 0 spiro atoms. The minimum atomic E-state index is -1.06. The highest BCUT2D eigenvalue weighted by Crippen LogP contribution is 2.19. The second kappa shape index (κ2) is 10.6. The zero-order chi connectivity index (χ0) is 19.2. The Hall–Kier alpha value is -1.62. The van der Waals surface area contributed by atoms with E-state index in [2.05, 4.69) is 25.9 Å². The second-order valence-corrected chi connectivity index (χ2v) is 6.70. The van der Waals surface area contributed by atoms with Crippen molar-refractivity contribution in [1.29, 1.82) is 0 Å². The van der Waals surface area contributed by atoms with Gasteiger partial charge in [0, 0.05) is 37.5 Å². The lowest BCUT2D eigenvalue weighted by atomic mass is 10.0. The molecule has 9 heteroatoms. The Morgan fingerprint density at radius 1 is 1.37 bits per heavy atom. The van der Waals surface area contributed by atoms with Gasteiger partial charge in [0.1, 0.15) is 11.4 Å². The van der Waals surface area contributed by atoms with Crippen LogP contribution in [0.2, 0.25) is 0 Å². The number of rotatable bonds is 8. The monoisotopic (exact) mass is 490 g/mol. The van der Waals surface area contributed by atoms with Gasteiger partial charge in [-0.3, -0.25) is 4.68 Å². The van der Waals surface area contributed by atoms with E-state index in [9.17, 15) is 5.11 Å². The first-order chi connectivity index (χ1) is 12.3. The van der Waals surface area contributed by atoms with Crippen molar-refractivity contribution in [3.05, 3.63) is 35.0 Å². The van der Waals surface area contributed by atoms with Crippen LogP contribution in [-0.4, -0.2) is 45.6 Å². The van der Waals surface area contributed by atoms with Crippen molar-refractivity contribution in [3.63, 3.8) is 0 Å². The van der Waals surface area contributed by atoms with E-state index in [0.29, 0.717) is 5.96 Å². The Bertz CT molecular complexity index is 719. The van der Waals surface area contributed by atoms with Crippen LogP contribution in [0.1, 0.15) is 42.8 Å². The van der Waals surface area contributed by atoms with Crippen LogP contribution in [0.25, 0.3) is 0 Å². The number of nitrogens with one attached hydrogen (secondary N) is 2. The molecule has 0 saturated heterocycles. The molecule has 27 heavy (non-hydrogen) atoms. The Labute approximate surface area is 177 Å². The molecule has 3 N–H and O–H groups in total. The van der Waals surface area contributed by atoms with Crippen molar-refractivity contribution in [3.8, 4) is 0 Å². The van der Waals surface area contributed by atoms with E-state index < -0.39 is 5.60 Å². The smallest absolute Gasteiger partial charge is 0.191 e. The van der Waals surface area contributed by atoms with Gasteiger partial charge in [-0.15, -0.1) is 24.0 Å². The van der Waals surface area contributed by atoms with E-state index in [0.717, 1.165) is 42.9 Å². The highest BCUT2D eigenvalue weighted by molar-refractivity contribution is 14.0. The first-order valence-electron chi connectivity index (χ1n) is 8.99. The fourth-order valence-corrected chi connectivity index (χ4v) is 2.70. The van der Waals surface area contributed by atoms with Gasteiger partial charge in [0.2, 0.25) is 0 Å². The number of aryl methyl sites for hydroxylation is 3. The number of hydrogen-bond donors (Lipinski definition) is 3. The summed E-state index contributed by atoms with van der Waals surface area (Å²) in [5, 5.41) is 25.2. The first-order valence-corrected chi connectivity index (χ1v) is 8.99. The predicted molar refractivity (Wildman–Crippen MR) is 116 cm³/mol. The van der Waals surface area contributed by atoms with Gasteiger partial charge >= 0.3 is 0 Å². The summed E-state index contributed by atoms with van der Waals surface area (Å²) in [6, 6.07) is 0. The molecule has 0 aromatic carbocycles. The van der Waals surface area contributed by atoms with Gasteiger partial charge < -0.3 is 20.3 Å². The van der Waals surface area contributed by atoms with Crippen LogP contribution in [0.4, 0.5) is 0 Å². The van der Waals surface area contributed by atoms with Crippen LogP contribution in [0, 0.1) is 13.8 Å². The summed E-state index contributed by atoms with van der Waals surface area (Å²) in [5.41, 5.74) is 1.81. The highest BCUT2D eigenvalue weighted by atomic mass is 127. The number of halogens is 1. The summed E-state index contributed by atoms with van der Waals surface area (Å²) in [6.07, 6.45) is 5.31. The van der Waals surface area contributed by atoms with Crippen LogP contribution in [0.15, 0.2) is 21.9 Å². The average Bonchev–Trinajstić information content (AvgIpc) is 3.16. The molecular formula is C18H31IN6O2. The molecule has 152 valence electrons. The third-order valence-electron chi connectivity index (χ3n) is 4.29. The van der Waals surface area contributed by atoms with E-state index >= 15 is 0 Å². The van der Waals surface area contributed by atoms with E-state index in [4.69, 9.17) is 4.52 Å². The Morgan fingerprint density at radius 3 is 2.67 bits per heavy atom. The number of nitrogens with zero attached hydrogens (tertiary/aromatic N) is 4. The van der Waals surface area contributed by atoms with Gasteiger partial charge in [0.25, 0.3) is 0 Å². The molecule has 0 amide bonds. The van der Waals surface area contributed by atoms with Gasteiger partial charge in [-0.05, 0) is 40.5 Å². The summed E-state index contributed by atoms with van der Waals surface area (Å²) in [7, 11) is 1.83. The van der Waals surface area contributed by atoms with Crippen LogP contribution >= 0.6 is 24.0 Å². The molecule has 1 atom stereocenters. The van der Waals surface area contributed by atoms with E-state index in [1.807, 2.05) is 27.8 Å². The molecule has 0 bridgehead atoms. The highest BCUT2D eigenvalue weighted by Gasteiger charge is 2.24. The maximum absolute atomic E-state index is 10.6. The lowest BCUT2D eigenvalue weighted by Gasteiger charge is -2.20. The number of aromatic nitrogens is 3. The minimum absolute atomic E-state index is 0. The SMILES string of the molecule is CCNC(=NCC(C)(O)c1cnn(C)c1)NCCCc1c(C)noc1C.I. The maximum Gasteiger partial charge on any atom is 0.191 e. The lowest BCUT2D eigenvalue weighted by Crippen LogP contribution is -2.39. The second-order valence-electron chi connectivity index (χ2n) is 6.70. The predicted octanol–water partition coefficient (Wildman–Crippen LogP) is 2.04. The summed E-state index contributed by atoms with van der Waals surface area (Å²) in [5.74, 6) is 1.58. The molecule has 0 aliphatic heterocycles. The van der Waals surface area contributed by atoms with Crippen LogP contribution in [-0.2, 0) is 19.1 Å². The third-order valence-corrected chi connectivity index (χ3v) is 4.29. The molecule has 0 radical (unpaired) electrons. The maximum atomic E-state index is 10.6. The van der Waals surface area contributed by atoms with Crippen molar-refractivity contribution < 1.29 is 9.63 Å². The Balaban J connectivity index is 0.00000364. The van der Waals surface area contributed by atoms with Gasteiger partial charge in [-0.2, -0.15) is 5.10 Å². The van der Waals surface area contributed by atoms with Gasteiger partial charge in [0.15, 0.2) is 5.96 Å². The minimum Gasteiger partial charge on any atom is -0.383 e. The zero-order valence-electron chi connectivity index (χ0n) is 16.7. The van der Waals surface area contributed by atoms with Crippen molar-refractivity contribution in [1.82, 2.24) is 25.6 Å². The number of hydrogen-bond acceptors (Lipinski definition) is 5. The molecule has 0 aliphatic rings. The molecule has 8 nitrogen and oxygen atoms in total. The Kier molecular flexibility index (Phi) is 9.23. The van der Waals surface area contributed by atoms with Crippen molar-refractivity contribution >= 4 is 29.9 Å². The fourth-order valence-electron chi connectivity index (χ4n) is 2.70. The molecule has 2 aromatic heterocycles. The molecular weight excluding hydrogens is 459 g/mol. The molecule has 2 heterocycles. The fraction of sp³-hybridized carbons (Fsp3) is 0.611. The summed E-state index contributed by atoms with van der Waals surface area (Å²) in [4.78, 5) is 4.52. The lowest BCUT2D eigenvalue weighted by molar-refractivity contribution is 0.0672. The van der Waals surface area contributed by atoms with Crippen molar-refractivity contribution in [2.45, 2.75) is 46.1 Å². The number of aliphatic imine (C=N–C) groups is 1. The Morgan fingerprint density at radius 2 is 2.11 bits per heavy atom. The topological polar surface area (TPSA) is 100 Å². The molecule has 2 aromatic rings. The molecule has 2 rings (SSSR count). The van der Waals surface area contributed by atoms with E-state index in [1.165, 1.54) is 5.56 Å². The molecule has 0 saturated carbocycles. The van der Waals surface area contributed by atoms with Crippen molar-refractivity contribution in [2.75, 3.05) is 19.6 Å². The summed E-state index contributed by atoms with van der Waals surface area (Å²) in [6.45, 7) is 9.43. The zero-order valence-corrected chi connectivity index (χ0v) is 19.1. The van der Waals surface area contributed by atoms with E-state index in [1.54, 1.807) is 24.0 Å². The molecule has 0 fully saturated rings. The van der Waals surface area contributed by atoms with E-state index in [-0.39, 0.29) is 30.5 Å². The quantitative estimate of drug-likeness (QED) is 0.227. The number of guanidine groups is 1. The normalized spacial score (nSPS) is 13.8. The summed E-state index contributed by atoms with van der Waals surface area (Å²) >= 11 is 0. The van der Waals surface area contributed by atoms with Crippen LogP contribution < -0.4 is 10.6 Å². The number of aliphatic hydroxyl groups is 1. The average molecular weight is 490 g/mol. The molecule has 1 unspecified atom stereocenters. The van der Waals surface area contributed by atoms with Gasteiger partial charge in [0.05, 0.1) is 18.4 Å². The van der Waals surface area contributed by atoms with Gasteiger partial charge in [-0.1, -0.05) is 5.16 Å². The van der Waals surface area contributed by atoms with Gasteiger partial charge in [-0.25, -0.2) is 4.99 Å². The largest absolute Gasteiger partial charge is 0.383 e. The molecule has 0 aliphatic carbocycles.